The molecule has 0 radical (unpaired) electrons. The molecule has 0 aliphatic rings. The van der Waals surface area contributed by atoms with Crippen LogP contribution < -0.4 is 10.1 Å². The minimum Gasteiger partial charge on any atom is -0.493 e. The molecule has 0 aliphatic carbocycles. The van der Waals surface area contributed by atoms with Gasteiger partial charge in [0.15, 0.2) is 0 Å². The number of aromatic nitrogens is 2. The van der Waals surface area contributed by atoms with Gasteiger partial charge in [0, 0.05) is 12.6 Å². The highest BCUT2D eigenvalue weighted by Gasteiger charge is 2.19. The quantitative estimate of drug-likeness (QED) is 0.558. The second-order valence-electron chi connectivity index (χ2n) is 6.45. The van der Waals surface area contributed by atoms with Crippen LogP contribution in [0.1, 0.15) is 23.8 Å². The zero-order chi connectivity index (χ0) is 19.9. The van der Waals surface area contributed by atoms with E-state index in [2.05, 4.69) is 15.3 Å². The molecule has 6 nitrogen and oxygen atoms in total. The first-order valence-electron chi connectivity index (χ1n) is 8.99. The van der Waals surface area contributed by atoms with Gasteiger partial charge in [-0.3, -0.25) is 4.79 Å². The van der Waals surface area contributed by atoms with Gasteiger partial charge in [0.2, 0.25) is 0 Å². The fourth-order valence-corrected chi connectivity index (χ4v) is 2.77. The zero-order valence-corrected chi connectivity index (χ0v) is 15.4. The molecule has 0 unspecified atom stereocenters. The lowest BCUT2D eigenvalue weighted by Gasteiger charge is -2.21. The van der Waals surface area contributed by atoms with Crippen LogP contribution >= 0.6 is 0 Å². The number of hydrogen-bond donors (Lipinski definition) is 3. The van der Waals surface area contributed by atoms with Gasteiger partial charge < -0.3 is 20.1 Å². The molecule has 28 heavy (non-hydrogen) atoms. The molecule has 3 aromatic rings. The van der Waals surface area contributed by atoms with Crippen molar-refractivity contribution in [1.82, 2.24) is 15.3 Å². The van der Waals surface area contributed by atoms with Crippen molar-refractivity contribution in [2.24, 2.45) is 0 Å². The van der Waals surface area contributed by atoms with E-state index in [0.29, 0.717) is 18.8 Å². The van der Waals surface area contributed by atoms with Crippen LogP contribution in [0.2, 0.25) is 0 Å². The Morgan fingerprint density at radius 2 is 2.04 bits per heavy atom. The molecule has 1 amide bonds. The highest BCUT2D eigenvalue weighted by molar-refractivity contribution is 5.92. The van der Waals surface area contributed by atoms with E-state index in [0.717, 1.165) is 11.1 Å². The number of benzene rings is 2. The topological polar surface area (TPSA) is 87.2 Å². The largest absolute Gasteiger partial charge is 0.493 e. The van der Waals surface area contributed by atoms with Crippen LogP contribution in [0.15, 0.2) is 61.1 Å². The van der Waals surface area contributed by atoms with Gasteiger partial charge in [-0.15, -0.1) is 0 Å². The molecule has 0 saturated carbocycles. The van der Waals surface area contributed by atoms with Crippen LogP contribution in [0.25, 0.3) is 11.1 Å². The lowest BCUT2D eigenvalue weighted by atomic mass is 10.1. The molecule has 0 bridgehead atoms. The predicted octanol–water partition coefficient (Wildman–Crippen LogP) is 3.16. The van der Waals surface area contributed by atoms with Crippen molar-refractivity contribution in [2.45, 2.75) is 25.5 Å². The Hall–Kier alpha value is -3.19. The first-order chi connectivity index (χ1) is 13.5. The summed E-state index contributed by atoms with van der Waals surface area (Å²) < 4.78 is 18.9. The zero-order valence-electron chi connectivity index (χ0n) is 15.4. The van der Waals surface area contributed by atoms with E-state index in [1.165, 1.54) is 24.7 Å². The number of rotatable bonds is 8. The van der Waals surface area contributed by atoms with E-state index in [1.807, 2.05) is 24.3 Å². The number of nitrogens with zero attached hydrogens (tertiary/aromatic N) is 1. The van der Waals surface area contributed by atoms with E-state index in [1.54, 1.807) is 19.1 Å². The van der Waals surface area contributed by atoms with Crippen LogP contribution in [0.4, 0.5) is 4.39 Å². The lowest BCUT2D eigenvalue weighted by Crippen LogP contribution is -2.43. The minimum atomic E-state index is -0.739. The maximum atomic E-state index is 13.1. The molecular weight excluding hydrogens is 361 g/mol. The van der Waals surface area contributed by atoms with Crippen LogP contribution in [0.5, 0.6) is 5.75 Å². The van der Waals surface area contributed by atoms with Gasteiger partial charge in [-0.25, -0.2) is 9.37 Å². The van der Waals surface area contributed by atoms with Crippen molar-refractivity contribution in [3.05, 3.63) is 72.6 Å². The van der Waals surface area contributed by atoms with Crippen LogP contribution in [0, 0.1) is 5.82 Å². The van der Waals surface area contributed by atoms with Crippen molar-refractivity contribution in [2.75, 3.05) is 6.61 Å². The van der Waals surface area contributed by atoms with Crippen molar-refractivity contribution < 1.29 is 19.0 Å². The molecule has 146 valence electrons. The van der Waals surface area contributed by atoms with Crippen LogP contribution in [-0.2, 0) is 0 Å². The number of imidazole rings is 1. The minimum absolute atomic E-state index is 0.263. The van der Waals surface area contributed by atoms with Gasteiger partial charge in [0.05, 0.1) is 25.1 Å². The predicted molar refractivity (Wildman–Crippen MR) is 103 cm³/mol. The summed E-state index contributed by atoms with van der Waals surface area (Å²) in [6.07, 6.45) is 2.60. The second-order valence-corrected chi connectivity index (χ2v) is 6.45. The van der Waals surface area contributed by atoms with Crippen molar-refractivity contribution in [3.63, 3.8) is 0 Å². The Morgan fingerprint density at radius 3 is 2.71 bits per heavy atom. The second kappa shape index (κ2) is 9.14. The normalized spacial score (nSPS) is 13.0. The Morgan fingerprint density at radius 1 is 1.25 bits per heavy atom. The number of hydrogen-bond acceptors (Lipinski definition) is 4. The van der Waals surface area contributed by atoms with E-state index in [-0.39, 0.29) is 17.4 Å². The number of carbonyl (C=O) groups is 1. The highest BCUT2D eigenvalue weighted by atomic mass is 19.1. The van der Waals surface area contributed by atoms with Gasteiger partial charge in [0.1, 0.15) is 17.3 Å². The van der Waals surface area contributed by atoms with Gasteiger partial charge in [-0.1, -0.05) is 24.3 Å². The third-order valence-corrected chi connectivity index (χ3v) is 4.34. The molecule has 3 rings (SSSR count). The Labute approximate surface area is 162 Å². The standard InChI is InChI=1S/C21H22FN3O3/c1-14(26)19(25-21(27)20-12-23-13-24-20)9-10-28-18-4-2-3-16(11-18)15-5-7-17(22)8-6-15/h2-8,11-14,19,26H,9-10H2,1H3,(H,23,24)(H,25,27)/t14-,19+/m0/s1. The smallest absolute Gasteiger partial charge is 0.271 e. The number of nitrogens with one attached hydrogen (secondary N) is 2. The molecule has 2 aromatic carbocycles. The number of aliphatic hydroxyl groups is 1. The van der Waals surface area contributed by atoms with Crippen molar-refractivity contribution in [3.8, 4) is 16.9 Å². The van der Waals surface area contributed by atoms with Crippen molar-refractivity contribution in [1.29, 1.82) is 0 Å². The molecule has 7 heteroatoms. The highest BCUT2D eigenvalue weighted by Crippen LogP contribution is 2.24. The molecule has 3 N–H and O–H groups in total. The van der Waals surface area contributed by atoms with Crippen LogP contribution in [-0.4, -0.2) is 39.7 Å². The average molecular weight is 383 g/mol. The SMILES string of the molecule is C[C@H](O)[C@@H](CCOc1cccc(-c2ccc(F)cc2)c1)NC(=O)c1c[nH]cn1. The fraction of sp³-hybridized carbons (Fsp3) is 0.238. The van der Waals surface area contributed by atoms with Gasteiger partial charge in [-0.2, -0.15) is 0 Å². The lowest BCUT2D eigenvalue weighted by molar-refractivity contribution is 0.0827. The van der Waals surface area contributed by atoms with E-state index >= 15 is 0 Å². The molecule has 0 saturated heterocycles. The number of carbonyl (C=O) groups excluding carboxylic acids is 1. The Bertz CT molecular complexity index is 896. The molecule has 1 heterocycles. The first-order valence-corrected chi connectivity index (χ1v) is 8.99. The van der Waals surface area contributed by atoms with Gasteiger partial charge in [0.25, 0.3) is 5.91 Å². The molecule has 0 aliphatic heterocycles. The number of amides is 1. The summed E-state index contributed by atoms with van der Waals surface area (Å²) in [5, 5.41) is 12.7. The number of halogens is 1. The number of H-pyrrole nitrogens is 1. The monoisotopic (exact) mass is 383 g/mol. The first kappa shape index (κ1) is 19.6. The molecule has 1 aromatic heterocycles. The van der Waals surface area contributed by atoms with E-state index in [4.69, 9.17) is 4.74 Å². The fourth-order valence-electron chi connectivity index (χ4n) is 2.77. The van der Waals surface area contributed by atoms with Crippen LogP contribution in [0.3, 0.4) is 0 Å². The number of aromatic amines is 1. The average Bonchev–Trinajstić information content (AvgIpc) is 3.23. The number of ether oxygens (including phenoxy) is 1. The maximum Gasteiger partial charge on any atom is 0.271 e. The van der Waals surface area contributed by atoms with Gasteiger partial charge >= 0.3 is 0 Å². The summed E-state index contributed by atoms with van der Waals surface area (Å²) >= 11 is 0. The Balaban J connectivity index is 1.57. The molecule has 0 spiro atoms. The molecule has 0 fully saturated rings. The third-order valence-electron chi connectivity index (χ3n) is 4.34. The number of aliphatic hydroxyl groups excluding tert-OH is 1. The summed E-state index contributed by atoms with van der Waals surface area (Å²) in [4.78, 5) is 18.7. The maximum absolute atomic E-state index is 13.1. The summed E-state index contributed by atoms with van der Waals surface area (Å²) in [6.45, 7) is 1.92. The summed E-state index contributed by atoms with van der Waals surface area (Å²) in [5.74, 6) is 0.0208. The van der Waals surface area contributed by atoms with Crippen molar-refractivity contribution >= 4 is 5.91 Å². The molecular formula is C21H22FN3O3. The summed E-state index contributed by atoms with van der Waals surface area (Å²) in [7, 11) is 0. The van der Waals surface area contributed by atoms with Gasteiger partial charge in [-0.05, 0) is 42.3 Å². The van der Waals surface area contributed by atoms with E-state index in [9.17, 15) is 14.3 Å². The summed E-state index contributed by atoms with van der Waals surface area (Å²) in [5.41, 5.74) is 2.06. The summed E-state index contributed by atoms with van der Waals surface area (Å²) in [6, 6.07) is 13.3. The Kier molecular flexibility index (Phi) is 6.39. The molecule has 2 atom stereocenters. The third kappa shape index (κ3) is 5.17. The van der Waals surface area contributed by atoms with E-state index < -0.39 is 12.1 Å².